The molecule has 2 saturated carbocycles. The van der Waals surface area contributed by atoms with Gasteiger partial charge in [-0.15, -0.1) is 0 Å². The molecule has 3 aliphatic carbocycles. The predicted molar refractivity (Wildman–Crippen MR) is 65.6 cm³/mol. The Morgan fingerprint density at radius 1 is 1.50 bits per heavy atom. The van der Waals surface area contributed by atoms with Crippen LogP contribution < -0.4 is 0 Å². The standard InChI is InChI=1S/C15H16O5/c1-13-3-9(13)8-2-7(11(16)17)10-4-19-12(18)15(6-20-15)14(8,10)5-13/h2,8-10H,3-6H2,1H3,(H,16,17)/t8-,9+,10+,13-,14?,15-/m1/s1. The summed E-state index contributed by atoms with van der Waals surface area (Å²) < 4.78 is 10.9. The van der Waals surface area contributed by atoms with Crippen molar-refractivity contribution in [3.8, 4) is 0 Å². The minimum absolute atomic E-state index is 0.166. The fourth-order valence-corrected chi connectivity index (χ4v) is 5.64. The molecule has 0 aromatic carbocycles. The summed E-state index contributed by atoms with van der Waals surface area (Å²) in [7, 11) is 0. The molecule has 106 valence electrons. The maximum Gasteiger partial charge on any atom is 0.341 e. The first-order valence-electron chi connectivity index (χ1n) is 7.21. The van der Waals surface area contributed by atoms with Crippen molar-refractivity contribution in [1.29, 1.82) is 0 Å². The Kier molecular flexibility index (Phi) is 1.59. The normalized spacial score (nSPS) is 57.5. The maximum absolute atomic E-state index is 12.2. The van der Waals surface area contributed by atoms with Crippen molar-refractivity contribution < 1.29 is 24.2 Å². The number of rotatable bonds is 1. The van der Waals surface area contributed by atoms with Crippen molar-refractivity contribution in [3.05, 3.63) is 11.6 Å². The zero-order valence-electron chi connectivity index (χ0n) is 11.2. The van der Waals surface area contributed by atoms with Crippen LogP contribution in [0.1, 0.15) is 19.8 Å². The van der Waals surface area contributed by atoms with Crippen LogP contribution in [-0.4, -0.2) is 35.9 Å². The van der Waals surface area contributed by atoms with E-state index in [0.29, 0.717) is 18.1 Å². The largest absolute Gasteiger partial charge is 0.478 e. The van der Waals surface area contributed by atoms with Gasteiger partial charge in [-0.05, 0) is 30.1 Å². The number of carbonyl (C=O) groups is 2. The third-order valence-corrected chi connectivity index (χ3v) is 6.64. The van der Waals surface area contributed by atoms with Crippen LogP contribution in [0, 0.1) is 28.6 Å². The van der Waals surface area contributed by atoms with Gasteiger partial charge in [0, 0.05) is 16.9 Å². The van der Waals surface area contributed by atoms with E-state index in [4.69, 9.17) is 9.47 Å². The molecule has 2 saturated heterocycles. The van der Waals surface area contributed by atoms with Crippen LogP contribution in [0.3, 0.4) is 0 Å². The minimum atomic E-state index is -0.875. The van der Waals surface area contributed by atoms with Gasteiger partial charge in [-0.3, -0.25) is 0 Å². The molecule has 5 nitrogen and oxygen atoms in total. The van der Waals surface area contributed by atoms with Crippen molar-refractivity contribution in [1.82, 2.24) is 0 Å². The molecule has 5 heteroatoms. The Hall–Kier alpha value is -1.36. The first kappa shape index (κ1) is 11.3. The van der Waals surface area contributed by atoms with Crippen LogP contribution in [0.2, 0.25) is 0 Å². The van der Waals surface area contributed by atoms with Gasteiger partial charge in [0.2, 0.25) is 0 Å². The Morgan fingerprint density at radius 2 is 2.25 bits per heavy atom. The van der Waals surface area contributed by atoms with Gasteiger partial charge in [0.05, 0.1) is 13.2 Å². The molecule has 0 amide bonds. The number of carbonyl (C=O) groups excluding carboxylic acids is 1. The topological polar surface area (TPSA) is 76.1 Å². The number of carboxylic acid groups (broad SMARTS) is 1. The highest BCUT2D eigenvalue weighted by molar-refractivity contribution is 5.92. The van der Waals surface area contributed by atoms with E-state index < -0.39 is 11.6 Å². The molecule has 2 heterocycles. The molecule has 6 atom stereocenters. The number of hydrogen-bond acceptors (Lipinski definition) is 4. The van der Waals surface area contributed by atoms with E-state index in [1.807, 2.05) is 6.08 Å². The summed E-state index contributed by atoms with van der Waals surface area (Å²) in [6, 6.07) is 0. The van der Waals surface area contributed by atoms with Crippen LogP contribution >= 0.6 is 0 Å². The Balaban J connectivity index is 1.71. The van der Waals surface area contributed by atoms with E-state index in [2.05, 4.69) is 6.92 Å². The summed E-state index contributed by atoms with van der Waals surface area (Å²) >= 11 is 0. The van der Waals surface area contributed by atoms with Gasteiger partial charge in [0.1, 0.15) is 0 Å². The van der Waals surface area contributed by atoms with E-state index in [0.717, 1.165) is 12.8 Å². The van der Waals surface area contributed by atoms with Crippen molar-refractivity contribution in [3.63, 3.8) is 0 Å². The molecular formula is C15H16O5. The molecule has 4 fully saturated rings. The predicted octanol–water partition coefficient (Wildman–Crippen LogP) is 0.985. The summed E-state index contributed by atoms with van der Waals surface area (Å²) in [6.07, 6.45) is 3.95. The van der Waals surface area contributed by atoms with E-state index in [-0.39, 0.29) is 35.2 Å². The highest BCUT2D eigenvalue weighted by Gasteiger charge is 2.84. The van der Waals surface area contributed by atoms with Crippen molar-refractivity contribution >= 4 is 11.9 Å². The monoisotopic (exact) mass is 276 g/mol. The molecule has 0 aromatic rings. The number of allylic oxidation sites excluding steroid dienone is 1. The van der Waals surface area contributed by atoms with Gasteiger partial charge in [0.25, 0.3) is 0 Å². The number of hydrogen-bond donors (Lipinski definition) is 1. The third kappa shape index (κ3) is 0.917. The second-order valence-corrected chi connectivity index (χ2v) is 7.40. The van der Waals surface area contributed by atoms with Crippen LogP contribution in [0.4, 0.5) is 0 Å². The number of esters is 1. The number of cyclic esters (lactones) is 1. The Morgan fingerprint density at radius 3 is 2.90 bits per heavy atom. The zero-order valence-corrected chi connectivity index (χ0v) is 11.2. The molecule has 0 radical (unpaired) electrons. The van der Waals surface area contributed by atoms with Gasteiger partial charge in [-0.25, -0.2) is 9.59 Å². The molecule has 2 aliphatic heterocycles. The lowest BCUT2D eigenvalue weighted by molar-refractivity contribution is -0.175. The van der Waals surface area contributed by atoms with Crippen molar-refractivity contribution in [2.24, 2.45) is 28.6 Å². The summed E-state index contributed by atoms with van der Waals surface area (Å²) in [4.78, 5) is 23.8. The summed E-state index contributed by atoms with van der Waals surface area (Å²) in [6.45, 7) is 2.84. The van der Waals surface area contributed by atoms with E-state index in [1.54, 1.807) is 0 Å². The molecule has 5 aliphatic rings. The summed E-state index contributed by atoms with van der Waals surface area (Å²) in [5.41, 5.74) is -0.510. The first-order chi connectivity index (χ1) is 9.45. The lowest BCUT2D eigenvalue weighted by Crippen LogP contribution is -2.57. The molecule has 5 rings (SSSR count). The highest BCUT2D eigenvalue weighted by atomic mass is 16.6. The minimum Gasteiger partial charge on any atom is -0.478 e. The van der Waals surface area contributed by atoms with E-state index in [1.165, 1.54) is 0 Å². The lowest BCUT2D eigenvalue weighted by Gasteiger charge is -2.45. The van der Waals surface area contributed by atoms with E-state index >= 15 is 0 Å². The number of aliphatic carboxylic acids is 1. The quantitative estimate of drug-likeness (QED) is 0.571. The number of carboxylic acids is 1. The summed E-state index contributed by atoms with van der Waals surface area (Å²) in [5.74, 6) is -0.675. The zero-order chi connectivity index (χ0) is 13.9. The van der Waals surface area contributed by atoms with Crippen LogP contribution in [0.15, 0.2) is 11.6 Å². The van der Waals surface area contributed by atoms with E-state index in [9.17, 15) is 14.7 Å². The van der Waals surface area contributed by atoms with Crippen LogP contribution in [-0.2, 0) is 19.1 Å². The van der Waals surface area contributed by atoms with Gasteiger partial charge in [-0.1, -0.05) is 13.0 Å². The van der Waals surface area contributed by atoms with Gasteiger partial charge < -0.3 is 14.6 Å². The van der Waals surface area contributed by atoms with Crippen molar-refractivity contribution in [2.45, 2.75) is 25.4 Å². The Bertz CT molecular complexity index is 603. The third-order valence-electron chi connectivity index (χ3n) is 6.64. The van der Waals surface area contributed by atoms with Gasteiger partial charge in [0.15, 0.2) is 5.60 Å². The fraction of sp³-hybridized carbons (Fsp3) is 0.733. The van der Waals surface area contributed by atoms with Gasteiger partial charge in [-0.2, -0.15) is 0 Å². The SMILES string of the molecule is C[C@]12C[C@H]1[C@H]1C=C(C(=O)O)[C@@H]3COC(=O)[C@]4(CO4)C13C2. The Labute approximate surface area is 115 Å². The smallest absolute Gasteiger partial charge is 0.341 e. The average Bonchev–Trinajstić information content (AvgIpc) is 3.24. The lowest BCUT2D eigenvalue weighted by atomic mass is 9.59. The number of fused-ring (bicyclic) bond motifs is 2. The van der Waals surface area contributed by atoms with Gasteiger partial charge >= 0.3 is 11.9 Å². The molecule has 1 N–H and O–H groups in total. The molecular weight excluding hydrogens is 260 g/mol. The van der Waals surface area contributed by atoms with Crippen LogP contribution in [0.25, 0.3) is 0 Å². The van der Waals surface area contributed by atoms with Crippen molar-refractivity contribution in [2.75, 3.05) is 13.2 Å². The second kappa shape index (κ2) is 2.82. The maximum atomic E-state index is 12.2. The number of ether oxygens (including phenoxy) is 2. The fourth-order valence-electron chi connectivity index (χ4n) is 5.64. The average molecular weight is 276 g/mol. The molecule has 20 heavy (non-hydrogen) atoms. The second-order valence-electron chi connectivity index (χ2n) is 7.40. The molecule has 0 aromatic heterocycles. The molecule has 2 spiro atoms. The molecule has 1 unspecified atom stereocenters. The number of epoxide rings is 1. The highest BCUT2D eigenvalue weighted by Crippen LogP contribution is 2.81. The molecule has 0 bridgehead atoms. The first-order valence-corrected chi connectivity index (χ1v) is 7.21. The summed E-state index contributed by atoms with van der Waals surface area (Å²) in [5, 5.41) is 9.47. The van der Waals surface area contributed by atoms with Crippen LogP contribution in [0.5, 0.6) is 0 Å².